The molecular formula is C32H27O2P. The van der Waals surface area contributed by atoms with Gasteiger partial charge in [0.2, 0.25) is 0 Å². The van der Waals surface area contributed by atoms with Crippen LogP contribution in [0.1, 0.15) is 11.1 Å². The lowest BCUT2D eigenvalue weighted by atomic mass is 10.0. The summed E-state index contributed by atoms with van der Waals surface area (Å²) in [5.41, 5.74) is 4.26. The second-order valence-electron chi connectivity index (χ2n) is 8.28. The molecule has 0 aliphatic carbocycles. The molecular weight excluding hydrogens is 447 g/mol. The van der Waals surface area contributed by atoms with Gasteiger partial charge in [0, 0.05) is 5.56 Å². The third kappa shape index (κ3) is 5.35. The molecule has 35 heavy (non-hydrogen) atoms. The van der Waals surface area contributed by atoms with Crippen molar-refractivity contribution in [2.45, 2.75) is 13.2 Å². The highest BCUT2D eigenvalue weighted by Crippen LogP contribution is 2.39. The zero-order chi connectivity index (χ0) is 23.9. The molecule has 0 heterocycles. The molecule has 5 rings (SSSR count). The van der Waals surface area contributed by atoms with Crippen molar-refractivity contribution in [3.8, 4) is 16.9 Å². The molecule has 0 atom stereocenters. The minimum atomic E-state index is -0.741. The van der Waals surface area contributed by atoms with E-state index in [0.29, 0.717) is 6.61 Å². The zero-order valence-corrected chi connectivity index (χ0v) is 20.3. The smallest absolute Gasteiger partial charge is 0.127 e. The quantitative estimate of drug-likeness (QED) is 0.272. The van der Waals surface area contributed by atoms with E-state index in [-0.39, 0.29) is 6.61 Å². The molecule has 0 radical (unpaired) electrons. The minimum absolute atomic E-state index is 0.0482. The minimum Gasteiger partial charge on any atom is -0.488 e. The van der Waals surface area contributed by atoms with Crippen molar-refractivity contribution in [1.82, 2.24) is 0 Å². The van der Waals surface area contributed by atoms with Gasteiger partial charge < -0.3 is 9.84 Å². The third-order valence-corrected chi connectivity index (χ3v) is 8.45. The van der Waals surface area contributed by atoms with Gasteiger partial charge in [-0.05, 0) is 46.6 Å². The van der Waals surface area contributed by atoms with Crippen LogP contribution in [-0.4, -0.2) is 5.11 Å². The summed E-state index contributed by atoms with van der Waals surface area (Å²) in [6.07, 6.45) is 0. The summed E-state index contributed by atoms with van der Waals surface area (Å²) in [5, 5.41) is 13.3. The average molecular weight is 475 g/mol. The van der Waals surface area contributed by atoms with Gasteiger partial charge in [-0.25, -0.2) is 0 Å². The van der Waals surface area contributed by atoms with E-state index >= 15 is 0 Å². The Bertz CT molecular complexity index is 1330. The van der Waals surface area contributed by atoms with Crippen molar-refractivity contribution in [2.75, 3.05) is 0 Å². The van der Waals surface area contributed by atoms with E-state index in [0.717, 1.165) is 22.4 Å². The third-order valence-electron chi connectivity index (χ3n) is 5.95. The Balaban J connectivity index is 1.55. The molecule has 0 bridgehead atoms. The summed E-state index contributed by atoms with van der Waals surface area (Å²) in [7, 11) is -0.741. The molecule has 0 aliphatic rings. The van der Waals surface area contributed by atoms with E-state index in [2.05, 4.69) is 97.1 Å². The van der Waals surface area contributed by atoms with Gasteiger partial charge in [-0.3, -0.25) is 0 Å². The van der Waals surface area contributed by atoms with Crippen LogP contribution in [0.3, 0.4) is 0 Å². The molecule has 0 spiro atoms. The van der Waals surface area contributed by atoms with Crippen molar-refractivity contribution in [3.63, 3.8) is 0 Å². The van der Waals surface area contributed by atoms with E-state index in [9.17, 15) is 5.11 Å². The SMILES string of the molecule is OCc1ccc(COc2ccccc2-c2ccccc2P(c2ccccc2)c2ccccc2)cc1. The Morgan fingerprint density at radius 2 is 1.03 bits per heavy atom. The van der Waals surface area contributed by atoms with Crippen LogP contribution < -0.4 is 20.7 Å². The molecule has 1 N–H and O–H groups in total. The fourth-order valence-electron chi connectivity index (χ4n) is 4.19. The van der Waals surface area contributed by atoms with Crippen LogP contribution in [0.4, 0.5) is 0 Å². The Labute approximate surface area is 208 Å². The first kappa shape index (κ1) is 23.1. The van der Waals surface area contributed by atoms with Crippen LogP contribution in [0, 0.1) is 0 Å². The number of aliphatic hydroxyl groups excluding tert-OH is 1. The summed E-state index contributed by atoms with van der Waals surface area (Å²) in [5.74, 6) is 0.863. The van der Waals surface area contributed by atoms with Crippen LogP contribution in [0.25, 0.3) is 11.1 Å². The Hall–Kier alpha value is -3.71. The summed E-state index contributed by atoms with van der Waals surface area (Å²) in [6, 6.07) is 46.4. The van der Waals surface area contributed by atoms with Gasteiger partial charge in [-0.1, -0.05) is 127 Å². The maximum Gasteiger partial charge on any atom is 0.127 e. The van der Waals surface area contributed by atoms with E-state index in [1.165, 1.54) is 21.5 Å². The van der Waals surface area contributed by atoms with E-state index in [4.69, 9.17) is 4.74 Å². The van der Waals surface area contributed by atoms with Gasteiger partial charge in [0.15, 0.2) is 0 Å². The van der Waals surface area contributed by atoms with E-state index in [1.807, 2.05) is 36.4 Å². The molecule has 0 aliphatic heterocycles. The predicted molar refractivity (Wildman–Crippen MR) is 147 cm³/mol. The number of hydrogen-bond donors (Lipinski definition) is 1. The topological polar surface area (TPSA) is 29.5 Å². The molecule has 172 valence electrons. The molecule has 0 saturated carbocycles. The van der Waals surface area contributed by atoms with Crippen LogP contribution >= 0.6 is 7.92 Å². The van der Waals surface area contributed by atoms with Crippen molar-refractivity contribution in [2.24, 2.45) is 0 Å². The molecule has 0 fully saturated rings. The monoisotopic (exact) mass is 474 g/mol. The van der Waals surface area contributed by atoms with Crippen LogP contribution in [0.15, 0.2) is 133 Å². The summed E-state index contributed by atoms with van der Waals surface area (Å²) < 4.78 is 6.34. The Kier molecular flexibility index (Phi) is 7.34. The van der Waals surface area contributed by atoms with Crippen molar-refractivity contribution in [3.05, 3.63) is 145 Å². The van der Waals surface area contributed by atoms with Gasteiger partial charge in [-0.2, -0.15) is 0 Å². The second kappa shape index (κ2) is 11.1. The molecule has 5 aromatic carbocycles. The summed E-state index contributed by atoms with van der Waals surface area (Å²) >= 11 is 0. The maximum atomic E-state index is 9.30. The van der Waals surface area contributed by atoms with Gasteiger partial charge in [0.1, 0.15) is 12.4 Å². The van der Waals surface area contributed by atoms with Crippen molar-refractivity contribution in [1.29, 1.82) is 0 Å². The lowest BCUT2D eigenvalue weighted by molar-refractivity contribution is 0.281. The summed E-state index contributed by atoms with van der Waals surface area (Å²) in [4.78, 5) is 0. The van der Waals surface area contributed by atoms with Crippen LogP contribution in [0.2, 0.25) is 0 Å². The van der Waals surface area contributed by atoms with Gasteiger partial charge in [0.05, 0.1) is 6.61 Å². The Morgan fingerprint density at radius 3 is 1.66 bits per heavy atom. The molecule has 0 saturated heterocycles. The number of hydrogen-bond acceptors (Lipinski definition) is 2. The van der Waals surface area contributed by atoms with E-state index < -0.39 is 7.92 Å². The van der Waals surface area contributed by atoms with E-state index in [1.54, 1.807) is 0 Å². The first-order valence-electron chi connectivity index (χ1n) is 11.7. The van der Waals surface area contributed by atoms with Crippen molar-refractivity contribution >= 4 is 23.8 Å². The number of benzene rings is 5. The lowest BCUT2D eigenvalue weighted by Gasteiger charge is -2.23. The van der Waals surface area contributed by atoms with Crippen LogP contribution in [0.5, 0.6) is 5.75 Å². The predicted octanol–water partition coefficient (Wildman–Crippen LogP) is 6.18. The molecule has 5 aromatic rings. The average Bonchev–Trinajstić information content (AvgIpc) is 2.94. The van der Waals surface area contributed by atoms with Gasteiger partial charge in [-0.15, -0.1) is 0 Å². The molecule has 3 heteroatoms. The van der Waals surface area contributed by atoms with Crippen LogP contribution in [-0.2, 0) is 13.2 Å². The van der Waals surface area contributed by atoms with Gasteiger partial charge in [0.25, 0.3) is 0 Å². The largest absolute Gasteiger partial charge is 0.488 e. The number of ether oxygens (including phenoxy) is 1. The van der Waals surface area contributed by atoms with Gasteiger partial charge >= 0.3 is 0 Å². The molecule has 0 unspecified atom stereocenters. The second-order valence-corrected chi connectivity index (χ2v) is 10.5. The highest BCUT2D eigenvalue weighted by Gasteiger charge is 2.21. The lowest BCUT2D eigenvalue weighted by Crippen LogP contribution is -2.22. The highest BCUT2D eigenvalue weighted by atomic mass is 31.1. The summed E-state index contributed by atoms with van der Waals surface area (Å²) in [6.45, 7) is 0.517. The number of aliphatic hydroxyl groups is 1. The first-order valence-corrected chi connectivity index (χ1v) is 13.1. The maximum absolute atomic E-state index is 9.30. The highest BCUT2D eigenvalue weighted by molar-refractivity contribution is 7.80. The fraction of sp³-hybridized carbons (Fsp3) is 0.0625. The number of para-hydroxylation sites is 1. The first-order chi connectivity index (χ1) is 17.3. The van der Waals surface area contributed by atoms with Crippen molar-refractivity contribution < 1.29 is 9.84 Å². The molecule has 0 amide bonds. The normalized spacial score (nSPS) is 10.9. The molecule has 0 aromatic heterocycles. The standard InChI is InChI=1S/C32H27O2P/c33-23-25-19-21-26(22-20-25)24-34-31-17-9-7-15-29(31)30-16-8-10-18-32(30)35(27-11-3-1-4-12-27)28-13-5-2-6-14-28/h1-22,33H,23-24H2. The fourth-order valence-corrected chi connectivity index (χ4v) is 6.66. The number of rotatable bonds is 8. The Morgan fingerprint density at radius 1 is 0.514 bits per heavy atom. The molecule has 2 nitrogen and oxygen atoms in total. The zero-order valence-electron chi connectivity index (χ0n) is 19.4.